The molecule has 1 aromatic heterocycles. The molecule has 0 amide bonds. The van der Waals surface area contributed by atoms with Crippen molar-refractivity contribution in [3.8, 4) is 11.3 Å². The van der Waals surface area contributed by atoms with Gasteiger partial charge in [-0.25, -0.2) is 8.78 Å². The standard InChI is InChI=1S/C26H23F2N3O3/c1-13-11-17(15(3)30-21-10-6-9-20(28)22(21)26(29)31-33)25-18(12-13)23(32)14(2)24(34-25)16-7-4-5-8-19(16)27/h4-12,15,30,33H,1-3H3,(H2,29,31). The summed E-state index contributed by atoms with van der Waals surface area (Å²) in [5, 5.41) is 15.5. The van der Waals surface area contributed by atoms with E-state index < -0.39 is 17.7 Å². The molecule has 1 atom stereocenters. The fourth-order valence-electron chi connectivity index (χ4n) is 4.06. The molecule has 34 heavy (non-hydrogen) atoms. The molecule has 174 valence electrons. The number of amidine groups is 1. The van der Waals surface area contributed by atoms with Crippen molar-refractivity contribution in [3.63, 3.8) is 0 Å². The number of oxime groups is 1. The van der Waals surface area contributed by atoms with Gasteiger partial charge in [-0.05, 0) is 56.7 Å². The van der Waals surface area contributed by atoms with Crippen molar-refractivity contribution >= 4 is 22.5 Å². The molecule has 4 aromatic rings. The number of hydrogen-bond acceptors (Lipinski definition) is 5. The highest BCUT2D eigenvalue weighted by molar-refractivity contribution is 6.02. The number of benzene rings is 3. The van der Waals surface area contributed by atoms with Crippen molar-refractivity contribution in [2.24, 2.45) is 10.9 Å². The second kappa shape index (κ2) is 8.97. The Morgan fingerprint density at radius 3 is 2.50 bits per heavy atom. The van der Waals surface area contributed by atoms with Gasteiger partial charge in [-0.2, -0.15) is 0 Å². The lowest BCUT2D eigenvalue weighted by atomic mass is 9.98. The van der Waals surface area contributed by atoms with Crippen LogP contribution in [0.25, 0.3) is 22.3 Å². The minimum atomic E-state index is -0.661. The minimum absolute atomic E-state index is 0.0850. The van der Waals surface area contributed by atoms with Crippen molar-refractivity contribution in [3.05, 3.63) is 98.7 Å². The summed E-state index contributed by atoms with van der Waals surface area (Å²) in [7, 11) is 0. The summed E-state index contributed by atoms with van der Waals surface area (Å²) in [6.45, 7) is 5.25. The number of halogens is 2. The van der Waals surface area contributed by atoms with Gasteiger partial charge in [-0.1, -0.05) is 29.4 Å². The van der Waals surface area contributed by atoms with Gasteiger partial charge in [0.25, 0.3) is 0 Å². The third-order valence-corrected chi connectivity index (χ3v) is 5.73. The molecule has 3 aromatic carbocycles. The van der Waals surface area contributed by atoms with E-state index in [0.29, 0.717) is 27.8 Å². The molecule has 1 unspecified atom stereocenters. The Bertz CT molecular complexity index is 1500. The van der Waals surface area contributed by atoms with E-state index in [1.54, 1.807) is 44.2 Å². The summed E-state index contributed by atoms with van der Waals surface area (Å²) >= 11 is 0. The number of fused-ring (bicyclic) bond motifs is 1. The molecule has 0 aliphatic heterocycles. The van der Waals surface area contributed by atoms with Gasteiger partial charge in [-0.15, -0.1) is 0 Å². The molecule has 0 aliphatic rings. The number of aryl methyl sites for hydroxylation is 1. The number of rotatable bonds is 5. The van der Waals surface area contributed by atoms with E-state index in [2.05, 4.69) is 10.5 Å². The topological polar surface area (TPSA) is 101 Å². The fourth-order valence-corrected chi connectivity index (χ4v) is 4.06. The summed E-state index contributed by atoms with van der Waals surface area (Å²) in [6, 6.07) is 13.4. The van der Waals surface area contributed by atoms with Crippen LogP contribution in [0.2, 0.25) is 0 Å². The Balaban J connectivity index is 1.91. The zero-order chi connectivity index (χ0) is 24.6. The fraction of sp³-hybridized carbons (Fsp3) is 0.154. The average molecular weight is 463 g/mol. The first-order valence-electron chi connectivity index (χ1n) is 10.6. The van der Waals surface area contributed by atoms with E-state index >= 15 is 0 Å². The van der Waals surface area contributed by atoms with Crippen LogP contribution in [0.4, 0.5) is 14.5 Å². The largest absolute Gasteiger partial charge is 0.455 e. The Morgan fingerprint density at radius 1 is 1.09 bits per heavy atom. The first-order chi connectivity index (χ1) is 16.2. The summed E-state index contributed by atoms with van der Waals surface area (Å²) in [5.74, 6) is -1.40. The molecular weight excluding hydrogens is 440 g/mol. The lowest BCUT2D eigenvalue weighted by Gasteiger charge is -2.20. The van der Waals surface area contributed by atoms with Crippen LogP contribution in [-0.4, -0.2) is 11.0 Å². The number of nitrogens with two attached hydrogens (primary N) is 1. The van der Waals surface area contributed by atoms with Crippen molar-refractivity contribution in [1.82, 2.24) is 0 Å². The molecule has 6 nitrogen and oxygen atoms in total. The molecule has 1 heterocycles. The molecular formula is C26H23F2N3O3. The van der Waals surface area contributed by atoms with Crippen molar-refractivity contribution in [2.75, 3.05) is 5.32 Å². The van der Waals surface area contributed by atoms with Crippen molar-refractivity contribution < 1.29 is 18.4 Å². The maximum atomic E-state index is 14.5. The highest BCUT2D eigenvalue weighted by atomic mass is 19.1. The van der Waals surface area contributed by atoms with Crippen LogP contribution in [0.15, 0.2) is 69.0 Å². The zero-order valence-electron chi connectivity index (χ0n) is 18.8. The Morgan fingerprint density at radius 2 is 1.79 bits per heavy atom. The van der Waals surface area contributed by atoms with Gasteiger partial charge in [-0.3, -0.25) is 4.79 Å². The van der Waals surface area contributed by atoms with Gasteiger partial charge in [0.15, 0.2) is 11.3 Å². The average Bonchev–Trinajstić information content (AvgIpc) is 2.81. The molecule has 0 fully saturated rings. The summed E-state index contributed by atoms with van der Waals surface area (Å²) in [6.07, 6.45) is 0. The molecule has 0 saturated heterocycles. The number of anilines is 1. The number of nitrogens with zero attached hydrogens (tertiary/aromatic N) is 1. The predicted octanol–water partition coefficient (Wildman–Crippen LogP) is 5.62. The van der Waals surface area contributed by atoms with Gasteiger partial charge in [0.05, 0.1) is 22.6 Å². The van der Waals surface area contributed by atoms with E-state index in [9.17, 15) is 13.6 Å². The predicted molar refractivity (Wildman–Crippen MR) is 128 cm³/mol. The first kappa shape index (κ1) is 23.0. The first-order valence-corrected chi connectivity index (χ1v) is 10.6. The van der Waals surface area contributed by atoms with E-state index in [1.165, 1.54) is 18.2 Å². The Hall–Kier alpha value is -4.20. The van der Waals surface area contributed by atoms with Crippen LogP contribution in [0.5, 0.6) is 0 Å². The lowest BCUT2D eigenvalue weighted by Crippen LogP contribution is -2.19. The van der Waals surface area contributed by atoms with Crippen LogP contribution >= 0.6 is 0 Å². The Kier molecular flexibility index (Phi) is 6.06. The van der Waals surface area contributed by atoms with E-state index in [-0.39, 0.29) is 28.2 Å². The summed E-state index contributed by atoms with van der Waals surface area (Å²) < 4.78 is 35.1. The monoisotopic (exact) mass is 463 g/mol. The summed E-state index contributed by atoms with van der Waals surface area (Å²) in [5.41, 5.74) is 7.83. The van der Waals surface area contributed by atoms with Crippen molar-refractivity contribution in [1.29, 1.82) is 0 Å². The van der Waals surface area contributed by atoms with E-state index in [1.807, 2.05) is 13.0 Å². The highest BCUT2D eigenvalue weighted by Gasteiger charge is 2.21. The maximum Gasteiger partial charge on any atom is 0.196 e. The number of hydrogen-bond donors (Lipinski definition) is 3. The minimum Gasteiger partial charge on any atom is -0.455 e. The maximum absolute atomic E-state index is 14.5. The van der Waals surface area contributed by atoms with Crippen LogP contribution in [-0.2, 0) is 0 Å². The zero-order valence-corrected chi connectivity index (χ0v) is 18.8. The molecule has 0 bridgehead atoms. The van der Waals surface area contributed by atoms with Gasteiger partial charge < -0.3 is 20.7 Å². The number of nitrogens with one attached hydrogen (secondary N) is 1. The Labute approximate surface area is 194 Å². The smallest absolute Gasteiger partial charge is 0.196 e. The highest BCUT2D eigenvalue weighted by Crippen LogP contribution is 2.33. The third-order valence-electron chi connectivity index (χ3n) is 5.73. The van der Waals surface area contributed by atoms with Crippen LogP contribution < -0.4 is 16.5 Å². The molecule has 4 N–H and O–H groups in total. The normalized spacial score (nSPS) is 12.7. The molecule has 4 rings (SSSR count). The van der Waals surface area contributed by atoms with Crippen LogP contribution in [0.1, 0.15) is 35.2 Å². The summed E-state index contributed by atoms with van der Waals surface area (Å²) in [4.78, 5) is 13.2. The second-order valence-electron chi connectivity index (χ2n) is 8.11. The van der Waals surface area contributed by atoms with Gasteiger partial charge in [0.1, 0.15) is 23.0 Å². The van der Waals surface area contributed by atoms with Gasteiger partial charge >= 0.3 is 0 Å². The third kappa shape index (κ3) is 3.98. The molecule has 0 aliphatic carbocycles. The van der Waals surface area contributed by atoms with Crippen LogP contribution in [0, 0.1) is 25.5 Å². The van der Waals surface area contributed by atoms with Gasteiger partial charge in [0, 0.05) is 16.8 Å². The lowest BCUT2D eigenvalue weighted by molar-refractivity contribution is 0.318. The van der Waals surface area contributed by atoms with E-state index in [0.717, 1.165) is 5.56 Å². The second-order valence-corrected chi connectivity index (χ2v) is 8.11. The van der Waals surface area contributed by atoms with Crippen molar-refractivity contribution in [2.45, 2.75) is 26.8 Å². The van der Waals surface area contributed by atoms with Gasteiger partial charge in [0.2, 0.25) is 0 Å². The SMILES string of the molecule is Cc1cc(C(C)Nc2cccc(F)c2C(N)=NO)c2oc(-c3ccccc3F)c(C)c(=O)c2c1. The molecule has 0 saturated carbocycles. The molecule has 0 radical (unpaired) electrons. The molecule has 0 spiro atoms. The van der Waals surface area contributed by atoms with E-state index in [4.69, 9.17) is 15.4 Å². The van der Waals surface area contributed by atoms with Crippen LogP contribution in [0.3, 0.4) is 0 Å². The molecule has 8 heteroatoms. The quantitative estimate of drug-likeness (QED) is 0.154.